The van der Waals surface area contributed by atoms with Crippen LogP contribution >= 0.6 is 11.3 Å². The van der Waals surface area contributed by atoms with Crippen LogP contribution in [0.25, 0.3) is 21.0 Å². The van der Waals surface area contributed by atoms with E-state index in [4.69, 9.17) is 4.74 Å². The summed E-state index contributed by atoms with van der Waals surface area (Å²) in [5.41, 5.74) is 0.466. The molecule has 1 aromatic heterocycles. The van der Waals surface area contributed by atoms with Gasteiger partial charge in [-0.05, 0) is 41.3 Å². The first-order chi connectivity index (χ1) is 18.7. The highest BCUT2D eigenvalue weighted by molar-refractivity contribution is 7.18. The van der Waals surface area contributed by atoms with Gasteiger partial charge in [0.15, 0.2) is 0 Å². The van der Waals surface area contributed by atoms with E-state index < -0.39 is 29.7 Å². The maximum atomic E-state index is 13.3. The highest BCUT2D eigenvalue weighted by atomic mass is 32.1. The number of fused-ring (bicyclic) bond motifs is 2. The van der Waals surface area contributed by atoms with Gasteiger partial charge in [0, 0.05) is 11.8 Å². The summed E-state index contributed by atoms with van der Waals surface area (Å²) < 4.78 is 45.8. The Bertz CT molecular complexity index is 1630. The number of ether oxygens (including phenoxy) is 1. The molecule has 5 rings (SSSR count). The summed E-state index contributed by atoms with van der Waals surface area (Å²) >= 11 is 1.47. The molecule has 0 aliphatic rings. The van der Waals surface area contributed by atoms with E-state index in [0.717, 1.165) is 27.7 Å². The molecule has 6 nitrogen and oxygen atoms in total. The second-order valence-electron chi connectivity index (χ2n) is 8.79. The van der Waals surface area contributed by atoms with E-state index in [-0.39, 0.29) is 24.3 Å². The zero-order chi connectivity index (χ0) is 27.6. The molecule has 5 aromatic rings. The summed E-state index contributed by atoms with van der Waals surface area (Å²) in [6, 6.07) is 21.1. The molecule has 0 saturated carbocycles. The summed E-state index contributed by atoms with van der Waals surface area (Å²) in [6.07, 6.45) is -4.70. The molecule has 10 heteroatoms. The Labute approximate surface area is 224 Å². The van der Waals surface area contributed by atoms with Crippen molar-refractivity contribution in [2.45, 2.75) is 25.2 Å². The van der Waals surface area contributed by atoms with Crippen molar-refractivity contribution in [3.8, 4) is 5.75 Å². The van der Waals surface area contributed by atoms with E-state index in [1.807, 2.05) is 36.4 Å². The molecule has 0 saturated heterocycles. The van der Waals surface area contributed by atoms with Crippen molar-refractivity contribution in [3.63, 3.8) is 0 Å². The van der Waals surface area contributed by atoms with Crippen LogP contribution < -0.4 is 10.1 Å². The molecule has 0 bridgehead atoms. The molecule has 0 aliphatic carbocycles. The number of amides is 1. The van der Waals surface area contributed by atoms with E-state index in [2.05, 4.69) is 10.3 Å². The summed E-state index contributed by atoms with van der Waals surface area (Å²) in [5.74, 6) is -1.72. The summed E-state index contributed by atoms with van der Waals surface area (Å²) in [6.45, 7) is 0.0988. The van der Waals surface area contributed by atoms with Crippen LogP contribution in [0.5, 0.6) is 5.75 Å². The quantitative estimate of drug-likeness (QED) is 0.231. The second-order valence-corrected chi connectivity index (χ2v) is 9.91. The number of carbonyl (C=O) groups is 2. The van der Waals surface area contributed by atoms with E-state index >= 15 is 0 Å². The van der Waals surface area contributed by atoms with Gasteiger partial charge in [-0.15, -0.1) is 11.3 Å². The van der Waals surface area contributed by atoms with Crippen LogP contribution in [0.15, 0.2) is 84.9 Å². The average molecular weight is 551 g/mol. The zero-order valence-corrected chi connectivity index (χ0v) is 21.1. The molecule has 0 unspecified atom stereocenters. The molecule has 0 radical (unpaired) electrons. The topological polar surface area (TPSA) is 88.5 Å². The van der Waals surface area contributed by atoms with Crippen molar-refractivity contribution >= 4 is 44.2 Å². The fraction of sp³-hybridized carbons (Fsp3) is 0.138. The van der Waals surface area contributed by atoms with Crippen molar-refractivity contribution in [1.29, 1.82) is 0 Å². The van der Waals surface area contributed by atoms with Crippen LogP contribution in [0.1, 0.15) is 26.5 Å². The van der Waals surface area contributed by atoms with Gasteiger partial charge in [0.1, 0.15) is 23.4 Å². The number of carbonyl (C=O) groups excluding carboxylic acids is 1. The van der Waals surface area contributed by atoms with Crippen LogP contribution in [0, 0.1) is 0 Å². The molecule has 1 amide bonds. The smallest absolute Gasteiger partial charge is 0.416 e. The van der Waals surface area contributed by atoms with Gasteiger partial charge in [-0.2, -0.15) is 13.2 Å². The minimum absolute atomic E-state index is 0.0988. The monoisotopic (exact) mass is 550 g/mol. The summed E-state index contributed by atoms with van der Waals surface area (Å²) in [7, 11) is 0. The Morgan fingerprint density at radius 3 is 2.38 bits per heavy atom. The average Bonchev–Trinajstić information content (AvgIpc) is 3.34. The number of aliphatic carboxylic acids is 1. The molecular weight excluding hydrogens is 529 g/mol. The van der Waals surface area contributed by atoms with Gasteiger partial charge >= 0.3 is 12.1 Å². The Morgan fingerprint density at radius 2 is 1.67 bits per heavy atom. The minimum Gasteiger partial charge on any atom is -0.485 e. The van der Waals surface area contributed by atoms with Crippen molar-refractivity contribution < 1.29 is 32.6 Å². The van der Waals surface area contributed by atoms with Gasteiger partial charge in [-0.3, -0.25) is 4.79 Å². The third kappa shape index (κ3) is 5.85. The summed E-state index contributed by atoms with van der Waals surface area (Å²) in [4.78, 5) is 29.9. The zero-order valence-electron chi connectivity index (χ0n) is 20.2. The number of hydrogen-bond acceptors (Lipinski definition) is 5. The largest absolute Gasteiger partial charge is 0.485 e. The van der Waals surface area contributed by atoms with E-state index in [1.54, 1.807) is 24.3 Å². The first-order valence-corrected chi connectivity index (χ1v) is 12.7. The predicted octanol–water partition coefficient (Wildman–Crippen LogP) is 6.47. The first kappa shape index (κ1) is 26.2. The third-order valence-corrected chi connectivity index (χ3v) is 7.14. The summed E-state index contributed by atoms with van der Waals surface area (Å²) in [5, 5.41) is 14.4. The molecule has 0 spiro atoms. The van der Waals surface area contributed by atoms with Crippen LogP contribution in [-0.2, 0) is 24.0 Å². The van der Waals surface area contributed by atoms with Crippen molar-refractivity contribution in [2.24, 2.45) is 0 Å². The number of rotatable bonds is 8. The Kier molecular flexibility index (Phi) is 7.21. The molecule has 39 heavy (non-hydrogen) atoms. The molecule has 2 N–H and O–H groups in total. The van der Waals surface area contributed by atoms with Gasteiger partial charge in [0.2, 0.25) is 0 Å². The third-order valence-electron chi connectivity index (χ3n) is 6.13. The van der Waals surface area contributed by atoms with Gasteiger partial charge in [0.25, 0.3) is 5.91 Å². The molecule has 4 aromatic carbocycles. The second kappa shape index (κ2) is 10.7. The van der Waals surface area contributed by atoms with Gasteiger partial charge in [-0.25, -0.2) is 9.78 Å². The highest BCUT2D eigenvalue weighted by Gasteiger charge is 2.30. The van der Waals surface area contributed by atoms with Crippen molar-refractivity contribution in [1.82, 2.24) is 10.3 Å². The maximum Gasteiger partial charge on any atom is 0.416 e. The van der Waals surface area contributed by atoms with E-state index in [1.165, 1.54) is 23.5 Å². The van der Waals surface area contributed by atoms with Crippen LogP contribution in [0.4, 0.5) is 13.2 Å². The lowest BCUT2D eigenvalue weighted by Crippen LogP contribution is -2.42. The maximum absolute atomic E-state index is 13.3. The van der Waals surface area contributed by atoms with Crippen LogP contribution in [0.3, 0.4) is 0 Å². The Hall–Kier alpha value is -4.44. The predicted molar refractivity (Wildman–Crippen MR) is 142 cm³/mol. The number of nitrogens with one attached hydrogen (secondary N) is 1. The number of carboxylic acids is 1. The Morgan fingerprint density at radius 1 is 0.949 bits per heavy atom. The normalized spacial score (nSPS) is 12.4. The number of thiazole rings is 1. The number of benzene rings is 4. The molecule has 0 fully saturated rings. The fourth-order valence-electron chi connectivity index (χ4n) is 4.19. The minimum atomic E-state index is -4.50. The number of nitrogens with zero attached hydrogens (tertiary/aromatic N) is 1. The van der Waals surface area contributed by atoms with Gasteiger partial charge < -0.3 is 15.2 Å². The van der Waals surface area contributed by atoms with Crippen LogP contribution in [-0.4, -0.2) is 28.0 Å². The SMILES string of the molecule is O=C(N[C@@H](Cc1ccc(C(F)(F)F)cc1)C(=O)O)c1ccc2ccccc2c1OCc1nc2ccccc2s1. The number of para-hydroxylation sites is 1. The molecule has 1 heterocycles. The van der Waals surface area contributed by atoms with E-state index in [0.29, 0.717) is 16.0 Å². The lowest BCUT2D eigenvalue weighted by atomic mass is 10.0. The highest BCUT2D eigenvalue weighted by Crippen LogP contribution is 2.32. The molecule has 0 aliphatic heterocycles. The lowest BCUT2D eigenvalue weighted by Gasteiger charge is -2.18. The van der Waals surface area contributed by atoms with Crippen LogP contribution in [0.2, 0.25) is 0 Å². The number of carboxylic acid groups (broad SMARTS) is 1. The van der Waals surface area contributed by atoms with Crippen molar-refractivity contribution in [3.05, 3.63) is 107 Å². The fourth-order valence-corrected chi connectivity index (χ4v) is 5.08. The first-order valence-electron chi connectivity index (χ1n) is 11.9. The number of hydrogen-bond donors (Lipinski definition) is 2. The number of aromatic nitrogens is 1. The lowest BCUT2D eigenvalue weighted by molar-refractivity contribution is -0.139. The Balaban J connectivity index is 1.40. The molecular formula is C29H21F3N2O4S. The van der Waals surface area contributed by atoms with E-state index in [9.17, 15) is 27.9 Å². The number of alkyl halides is 3. The van der Waals surface area contributed by atoms with Gasteiger partial charge in [-0.1, -0.05) is 54.6 Å². The van der Waals surface area contributed by atoms with Gasteiger partial charge in [0.05, 0.1) is 21.3 Å². The molecule has 198 valence electrons. The number of halogens is 3. The van der Waals surface area contributed by atoms with Crippen molar-refractivity contribution in [2.75, 3.05) is 0 Å². The standard InChI is InChI=1S/C29H21F3N2O4S/c30-29(31,32)19-12-9-17(10-13-19)15-23(28(36)37)34-27(35)21-14-11-18-5-1-2-6-20(18)26(21)38-16-25-33-22-7-3-4-8-24(22)39-25/h1-14,23H,15-16H2,(H,34,35)(H,36,37)/t23-/m0/s1. The molecule has 1 atom stereocenters.